The molecule has 0 aromatic heterocycles. The van der Waals surface area contributed by atoms with Crippen LogP contribution in [0.25, 0.3) is 0 Å². The van der Waals surface area contributed by atoms with Gasteiger partial charge in [-0.1, -0.05) is 6.92 Å². The van der Waals surface area contributed by atoms with E-state index in [4.69, 9.17) is 10.5 Å². The molecule has 2 atom stereocenters. The van der Waals surface area contributed by atoms with Crippen LogP contribution in [0.1, 0.15) is 19.8 Å². The fraction of sp³-hybridized carbons (Fsp3) is 1.00. The Morgan fingerprint density at radius 2 is 2.44 bits per heavy atom. The Bertz CT molecular complexity index is 85.0. The lowest BCUT2D eigenvalue weighted by Crippen LogP contribution is -2.38. The zero-order chi connectivity index (χ0) is 6.69. The third-order valence-corrected chi connectivity index (χ3v) is 2.06. The van der Waals surface area contributed by atoms with Gasteiger partial charge in [0.25, 0.3) is 0 Å². The minimum Gasteiger partial charge on any atom is -0.381 e. The highest BCUT2D eigenvalue weighted by Crippen LogP contribution is 2.15. The largest absolute Gasteiger partial charge is 0.381 e. The smallest absolute Gasteiger partial charge is 0.0508 e. The number of rotatable bonds is 1. The van der Waals surface area contributed by atoms with Crippen molar-refractivity contribution in [2.75, 3.05) is 13.2 Å². The molecule has 1 aliphatic heterocycles. The lowest BCUT2D eigenvalue weighted by molar-refractivity contribution is 0.0407. The Labute approximate surface area is 56.4 Å². The molecule has 1 saturated heterocycles. The number of hydrogen-bond acceptors (Lipinski definition) is 2. The van der Waals surface area contributed by atoms with E-state index in [1.54, 1.807) is 0 Å². The number of hydrogen-bond donors (Lipinski definition) is 1. The van der Waals surface area contributed by atoms with Crippen LogP contribution in [0.4, 0.5) is 0 Å². The molecule has 1 heterocycles. The summed E-state index contributed by atoms with van der Waals surface area (Å²) in [4.78, 5) is 0. The van der Waals surface area contributed by atoms with E-state index in [1.165, 1.54) is 0 Å². The van der Waals surface area contributed by atoms with Gasteiger partial charge in [0, 0.05) is 12.6 Å². The Kier molecular flexibility index (Phi) is 2.49. The second-order valence-corrected chi connectivity index (χ2v) is 2.70. The molecular formula is C7H15NO. The van der Waals surface area contributed by atoms with E-state index >= 15 is 0 Å². The van der Waals surface area contributed by atoms with Gasteiger partial charge in [0.2, 0.25) is 0 Å². The van der Waals surface area contributed by atoms with Gasteiger partial charge in [-0.05, 0) is 18.8 Å². The lowest BCUT2D eigenvalue weighted by Gasteiger charge is -2.27. The van der Waals surface area contributed by atoms with Crippen molar-refractivity contribution in [3.63, 3.8) is 0 Å². The van der Waals surface area contributed by atoms with Crippen molar-refractivity contribution in [2.45, 2.75) is 25.8 Å². The van der Waals surface area contributed by atoms with Crippen molar-refractivity contribution in [3.05, 3.63) is 0 Å². The van der Waals surface area contributed by atoms with Gasteiger partial charge in [0.1, 0.15) is 0 Å². The fourth-order valence-electron chi connectivity index (χ4n) is 1.23. The standard InChI is InChI=1S/C7H15NO/c1-2-6-5-9-4-3-7(6)8/h6-7H,2-5,8H2,1H3/t6-,7+/m0/s1. The molecule has 0 spiro atoms. The Morgan fingerprint density at radius 3 is 2.89 bits per heavy atom. The topological polar surface area (TPSA) is 35.2 Å². The van der Waals surface area contributed by atoms with Crippen molar-refractivity contribution in [3.8, 4) is 0 Å². The van der Waals surface area contributed by atoms with Gasteiger partial charge in [-0.2, -0.15) is 0 Å². The van der Waals surface area contributed by atoms with Crippen molar-refractivity contribution >= 4 is 0 Å². The molecule has 0 aromatic rings. The molecule has 0 radical (unpaired) electrons. The van der Waals surface area contributed by atoms with Crippen LogP contribution in [0.3, 0.4) is 0 Å². The maximum atomic E-state index is 5.81. The van der Waals surface area contributed by atoms with E-state index < -0.39 is 0 Å². The van der Waals surface area contributed by atoms with E-state index in [2.05, 4.69) is 6.92 Å². The van der Waals surface area contributed by atoms with E-state index in [0.717, 1.165) is 26.1 Å². The van der Waals surface area contributed by atoms with Gasteiger partial charge in [0.15, 0.2) is 0 Å². The number of nitrogens with two attached hydrogens (primary N) is 1. The van der Waals surface area contributed by atoms with Crippen LogP contribution in [0, 0.1) is 5.92 Å². The molecule has 1 rings (SSSR count). The van der Waals surface area contributed by atoms with E-state index in [9.17, 15) is 0 Å². The van der Waals surface area contributed by atoms with Crippen LogP contribution in [-0.4, -0.2) is 19.3 Å². The molecule has 0 aromatic carbocycles. The van der Waals surface area contributed by atoms with Crippen LogP contribution >= 0.6 is 0 Å². The van der Waals surface area contributed by atoms with Crippen molar-refractivity contribution in [1.29, 1.82) is 0 Å². The van der Waals surface area contributed by atoms with Crippen molar-refractivity contribution in [2.24, 2.45) is 11.7 Å². The molecule has 2 nitrogen and oxygen atoms in total. The Hall–Kier alpha value is -0.0800. The van der Waals surface area contributed by atoms with Crippen LogP contribution in [0.15, 0.2) is 0 Å². The molecule has 1 aliphatic rings. The van der Waals surface area contributed by atoms with Crippen LogP contribution in [-0.2, 0) is 4.74 Å². The average Bonchev–Trinajstić information content (AvgIpc) is 1.89. The van der Waals surface area contributed by atoms with E-state index in [1.807, 2.05) is 0 Å². The fourth-order valence-corrected chi connectivity index (χ4v) is 1.23. The third-order valence-electron chi connectivity index (χ3n) is 2.06. The zero-order valence-corrected chi connectivity index (χ0v) is 5.97. The summed E-state index contributed by atoms with van der Waals surface area (Å²) in [6.07, 6.45) is 2.19. The molecule has 2 N–H and O–H groups in total. The molecule has 0 bridgehead atoms. The quantitative estimate of drug-likeness (QED) is 0.567. The summed E-state index contributed by atoms with van der Waals surface area (Å²) in [6.45, 7) is 3.90. The maximum Gasteiger partial charge on any atom is 0.0508 e. The predicted octanol–water partition coefficient (Wildman–Crippen LogP) is 0.760. The Balaban J connectivity index is 2.30. The van der Waals surface area contributed by atoms with Gasteiger partial charge >= 0.3 is 0 Å². The van der Waals surface area contributed by atoms with E-state index in [0.29, 0.717) is 12.0 Å². The first kappa shape index (κ1) is 7.03. The molecule has 0 amide bonds. The Morgan fingerprint density at radius 1 is 1.67 bits per heavy atom. The molecule has 9 heavy (non-hydrogen) atoms. The first-order valence-corrected chi connectivity index (χ1v) is 3.68. The summed E-state index contributed by atoms with van der Waals surface area (Å²) in [6, 6.07) is 0.392. The molecule has 54 valence electrons. The van der Waals surface area contributed by atoms with Gasteiger partial charge in [-0.3, -0.25) is 0 Å². The van der Waals surface area contributed by atoms with Crippen LogP contribution in [0.5, 0.6) is 0 Å². The SMILES string of the molecule is CC[C@H]1COCC[C@H]1N. The second-order valence-electron chi connectivity index (χ2n) is 2.70. The first-order valence-electron chi connectivity index (χ1n) is 3.68. The number of ether oxygens (including phenoxy) is 1. The van der Waals surface area contributed by atoms with Gasteiger partial charge in [-0.25, -0.2) is 0 Å². The van der Waals surface area contributed by atoms with Crippen molar-refractivity contribution in [1.82, 2.24) is 0 Å². The van der Waals surface area contributed by atoms with Crippen LogP contribution in [0.2, 0.25) is 0 Å². The summed E-state index contributed by atoms with van der Waals surface area (Å²) in [5.74, 6) is 0.610. The summed E-state index contributed by atoms with van der Waals surface area (Å²) >= 11 is 0. The van der Waals surface area contributed by atoms with Crippen molar-refractivity contribution < 1.29 is 4.74 Å². The molecule has 0 unspecified atom stereocenters. The molecule has 1 fully saturated rings. The summed E-state index contributed by atoms with van der Waals surface area (Å²) in [7, 11) is 0. The average molecular weight is 129 g/mol. The highest BCUT2D eigenvalue weighted by molar-refractivity contribution is 4.74. The lowest BCUT2D eigenvalue weighted by atomic mass is 9.94. The molecule has 0 aliphatic carbocycles. The highest BCUT2D eigenvalue weighted by atomic mass is 16.5. The monoisotopic (exact) mass is 129 g/mol. The second kappa shape index (κ2) is 3.18. The normalized spacial score (nSPS) is 36.7. The summed E-state index contributed by atoms with van der Waals surface area (Å²) < 4.78 is 5.26. The minimum atomic E-state index is 0.392. The third kappa shape index (κ3) is 1.66. The minimum absolute atomic E-state index is 0.392. The maximum absolute atomic E-state index is 5.81. The molecular weight excluding hydrogens is 114 g/mol. The van der Waals surface area contributed by atoms with Gasteiger partial charge in [0.05, 0.1) is 6.61 Å². The van der Waals surface area contributed by atoms with E-state index in [-0.39, 0.29) is 0 Å². The highest BCUT2D eigenvalue weighted by Gasteiger charge is 2.19. The van der Waals surface area contributed by atoms with Gasteiger partial charge in [-0.15, -0.1) is 0 Å². The molecule has 0 saturated carbocycles. The van der Waals surface area contributed by atoms with Crippen LogP contribution < -0.4 is 5.73 Å². The predicted molar refractivity (Wildman–Crippen MR) is 37.2 cm³/mol. The molecule has 2 heteroatoms. The summed E-state index contributed by atoms with van der Waals surface area (Å²) in [5.41, 5.74) is 5.81. The summed E-state index contributed by atoms with van der Waals surface area (Å²) in [5, 5.41) is 0. The zero-order valence-electron chi connectivity index (χ0n) is 5.97. The first-order chi connectivity index (χ1) is 4.34. The van der Waals surface area contributed by atoms with Gasteiger partial charge < -0.3 is 10.5 Å².